The molecule has 0 aliphatic carbocycles. The van der Waals surface area contributed by atoms with Gasteiger partial charge in [0.15, 0.2) is 0 Å². The highest BCUT2D eigenvalue weighted by atomic mass is 19.1. The molecule has 6 nitrogen and oxygen atoms in total. The monoisotopic (exact) mass is 335 g/mol. The summed E-state index contributed by atoms with van der Waals surface area (Å²) in [5.41, 5.74) is 3.12. The van der Waals surface area contributed by atoms with E-state index in [-0.39, 0.29) is 31.3 Å². The fourth-order valence-electron chi connectivity index (χ4n) is 2.47. The maximum absolute atomic E-state index is 13.1. The molecule has 1 aromatic carbocycles. The van der Waals surface area contributed by atoms with Crippen molar-refractivity contribution in [3.05, 3.63) is 47.0 Å². The standard InChI is InChI=1S/C17H22FN3O3/c1-11-16(8-17(23)19-9-15(22)10-24-3)12(2)21(20-11)14-6-4-13(18)5-7-14/h4-7,15,22H,8-10H2,1-3H3,(H,19,23). The lowest BCUT2D eigenvalue weighted by molar-refractivity contribution is -0.121. The van der Waals surface area contributed by atoms with Gasteiger partial charge in [-0.1, -0.05) is 0 Å². The first kappa shape index (κ1) is 18.1. The van der Waals surface area contributed by atoms with Gasteiger partial charge in [0.2, 0.25) is 5.91 Å². The predicted molar refractivity (Wildman–Crippen MR) is 87.6 cm³/mol. The number of aromatic nitrogens is 2. The highest BCUT2D eigenvalue weighted by Gasteiger charge is 2.16. The van der Waals surface area contributed by atoms with Crippen LogP contribution in [0.4, 0.5) is 4.39 Å². The van der Waals surface area contributed by atoms with Gasteiger partial charge < -0.3 is 15.2 Å². The molecule has 0 spiro atoms. The van der Waals surface area contributed by atoms with E-state index < -0.39 is 6.10 Å². The molecule has 0 aliphatic rings. The third-order valence-electron chi connectivity index (χ3n) is 3.74. The van der Waals surface area contributed by atoms with Gasteiger partial charge in [0.05, 0.1) is 30.5 Å². The lowest BCUT2D eigenvalue weighted by Gasteiger charge is -2.11. The largest absolute Gasteiger partial charge is 0.389 e. The molecule has 0 saturated carbocycles. The summed E-state index contributed by atoms with van der Waals surface area (Å²) in [5, 5.41) is 16.7. The molecule has 24 heavy (non-hydrogen) atoms. The minimum absolute atomic E-state index is 0.136. The molecule has 2 aromatic rings. The summed E-state index contributed by atoms with van der Waals surface area (Å²) in [6.07, 6.45) is -0.568. The zero-order chi connectivity index (χ0) is 17.7. The van der Waals surface area contributed by atoms with E-state index >= 15 is 0 Å². The van der Waals surface area contributed by atoms with Gasteiger partial charge in [0.1, 0.15) is 5.82 Å². The SMILES string of the molecule is COCC(O)CNC(=O)Cc1c(C)nn(-c2ccc(F)cc2)c1C. The number of carbonyl (C=O) groups excluding carboxylic acids is 1. The second-order valence-electron chi connectivity index (χ2n) is 5.63. The summed E-state index contributed by atoms with van der Waals surface area (Å²) in [6.45, 7) is 4.00. The minimum Gasteiger partial charge on any atom is -0.389 e. The summed E-state index contributed by atoms with van der Waals surface area (Å²) in [5.74, 6) is -0.510. The molecule has 0 fully saturated rings. The number of rotatable bonds is 7. The number of methoxy groups -OCH3 is 1. The number of nitrogens with one attached hydrogen (secondary N) is 1. The molecule has 0 aliphatic heterocycles. The average molecular weight is 335 g/mol. The number of aryl methyl sites for hydroxylation is 1. The van der Waals surface area contributed by atoms with Gasteiger partial charge in [-0.3, -0.25) is 4.79 Å². The first-order valence-electron chi connectivity index (χ1n) is 7.67. The Morgan fingerprint density at radius 1 is 1.38 bits per heavy atom. The van der Waals surface area contributed by atoms with Gasteiger partial charge in [-0.15, -0.1) is 0 Å². The van der Waals surface area contributed by atoms with Crippen molar-refractivity contribution >= 4 is 5.91 Å². The molecule has 1 aromatic heterocycles. The van der Waals surface area contributed by atoms with Crippen molar-refractivity contribution in [1.29, 1.82) is 0 Å². The lowest BCUT2D eigenvalue weighted by Crippen LogP contribution is -2.35. The van der Waals surface area contributed by atoms with Gasteiger partial charge in [-0.25, -0.2) is 9.07 Å². The second kappa shape index (κ2) is 8.03. The number of aliphatic hydroxyl groups excluding tert-OH is 1. The Kier molecular flexibility index (Phi) is 6.05. The lowest BCUT2D eigenvalue weighted by atomic mass is 10.1. The van der Waals surface area contributed by atoms with Crippen LogP contribution in [0.15, 0.2) is 24.3 Å². The van der Waals surface area contributed by atoms with E-state index in [1.54, 1.807) is 16.8 Å². The summed E-state index contributed by atoms with van der Waals surface area (Å²) in [6, 6.07) is 6.02. The van der Waals surface area contributed by atoms with Crippen LogP contribution in [-0.2, 0) is 16.0 Å². The quantitative estimate of drug-likeness (QED) is 0.799. The van der Waals surface area contributed by atoms with Crippen molar-refractivity contribution in [3.63, 3.8) is 0 Å². The molecule has 2 N–H and O–H groups in total. The number of hydrogen-bond donors (Lipinski definition) is 2. The average Bonchev–Trinajstić information content (AvgIpc) is 2.82. The molecular weight excluding hydrogens is 313 g/mol. The number of aliphatic hydroxyl groups is 1. The van der Waals surface area contributed by atoms with Crippen LogP contribution in [0.1, 0.15) is 17.0 Å². The first-order valence-corrected chi connectivity index (χ1v) is 7.67. The van der Waals surface area contributed by atoms with Crippen LogP contribution in [0.5, 0.6) is 0 Å². The van der Waals surface area contributed by atoms with Crippen LogP contribution < -0.4 is 5.32 Å². The van der Waals surface area contributed by atoms with Crippen LogP contribution in [-0.4, -0.2) is 47.2 Å². The summed E-state index contributed by atoms with van der Waals surface area (Å²) in [4.78, 5) is 12.1. The van der Waals surface area contributed by atoms with Gasteiger partial charge in [0.25, 0.3) is 0 Å². The van der Waals surface area contributed by atoms with Gasteiger partial charge in [-0.2, -0.15) is 5.10 Å². The normalized spacial score (nSPS) is 12.2. The van der Waals surface area contributed by atoms with E-state index in [2.05, 4.69) is 10.4 Å². The molecule has 130 valence electrons. The minimum atomic E-state index is -0.733. The van der Waals surface area contributed by atoms with Crippen LogP contribution in [0.25, 0.3) is 5.69 Å². The van der Waals surface area contributed by atoms with Crippen molar-refractivity contribution in [2.75, 3.05) is 20.3 Å². The smallest absolute Gasteiger partial charge is 0.224 e. The maximum atomic E-state index is 13.1. The zero-order valence-corrected chi connectivity index (χ0v) is 14.0. The van der Waals surface area contributed by atoms with Crippen molar-refractivity contribution in [2.24, 2.45) is 0 Å². The van der Waals surface area contributed by atoms with E-state index in [0.29, 0.717) is 0 Å². The van der Waals surface area contributed by atoms with Gasteiger partial charge in [-0.05, 0) is 38.1 Å². The Morgan fingerprint density at radius 3 is 2.67 bits per heavy atom. The molecule has 1 atom stereocenters. The molecular formula is C17H22FN3O3. The van der Waals surface area contributed by atoms with Crippen molar-refractivity contribution < 1.29 is 19.0 Å². The highest BCUT2D eigenvalue weighted by Crippen LogP contribution is 2.18. The molecule has 1 amide bonds. The third-order valence-corrected chi connectivity index (χ3v) is 3.74. The molecule has 2 rings (SSSR count). The Morgan fingerprint density at radius 2 is 2.04 bits per heavy atom. The van der Waals surface area contributed by atoms with Crippen LogP contribution in [0.3, 0.4) is 0 Å². The molecule has 0 saturated heterocycles. The van der Waals surface area contributed by atoms with Crippen molar-refractivity contribution in [3.8, 4) is 5.69 Å². The van der Waals surface area contributed by atoms with Crippen LogP contribution in [0, 0.1) is 19.7 Å². The number of nitrogens with zero attached hydrogens (tertiary/aromatic N) is 2. The molecule has 1 heterocycles. The Bertz CT molecular complexity index is 698. The highest BCUT2D eigenvalue weighted by molar-refractivity contribution is 5.79. The number of ether oxygens (including phenoxy) is 1. The molecule has 0 bridgehead atoms. The Balaban J connectivity index is 2.08. The van der Waals surface area contributed by atoms with Crippen LogP contribution in [0.2, 0.25) is 0 Å². The molecule has 7 heteroatoms. The topological polar surface area (TPSA) is 76.4 Å². The zero-order valence-electron chi connectivity index (χ0n) is 14.0. The van der Waals surface area contributed by atoms with E-state index in [1.807, 2.05) is 13.8 Å². The van der Waals surface area contributed by atoms with Gasteiger partial charge in [0, 0.05) is 24.9 Å². The first-order chi connectivity index (χ1) is 11.4. The second-order valence-corrected chi connectivity index (χ2v) is 5.63. The summed E-state index contributed by atoms with van der Waals surface area (Å²) in [7, 11) is 1.49. The van der Waals surface area contributed by atoms with Crippen molar-refractivity contribution in [1.82, 2.24) is 15.1 Å². The van der Waals surface area contributed by atoms with E-state index in [0.717, 1.165) is 22.6 Å². The fourth-order valence-corrected chi connectivity index (χ4v) is 2.47. The van der Waals surface area contributed by atoms with E-state index in [1.165, 1.54) is 19.2 Å². The summed E-state index contributed by atoms with van der Waals surface area (Å²) >= 11 is 0. The number of hydrogen-bond acceptors (Lipinski definition) is 4. The fraction of sp³-hybridized carbons (Fsp3) is 0.412. The molecule has 0 radical (unpaired) electrons. The van der Waals surface area contributed by atoms with Gasteiger partial charge >= 0.3 is 0 Å². The van der Waals surface area contributed by atoms with E-state index in [4.69, 9.17) is 4.74 Å². The Hall–Kier alpha value is -2.25. The number of benzene rings is 1. The van der Waals surface area contributed by atoms with Crippen LogP contribution >= 0.6 is 0 Å². The number of carbonyl (C=O) groups is 1. The maximum Gasteiger partial charge on any atom is 0.224 e. The number of halogens is 1. The molecule has 1 unspecified atom stereocenters. The number of amides is 1. The van der Waals surface area contributed by atoms with Crippen molar-refractivity contribution in [2.45, 2.75) is 26.4 Å². The Labute approximate surface area is 140 Å². The van der Waals surface area contributed by atoms with E-state index in [9.17, 15) is 14.3 Å². The third kappa shape index (κ3) is 4.39. The predicted octanol–water partition coefficient (Wildman–Crippen LogP) is 1.29. The summed E-state index contributed by atoms with van der Waals surface area (Å²) < 4.78 is 19.6.